The number of esters is 1. The molecule has 1 aliphatic rings. The predicted octanol–water partition coefficient (Wildman–Crippen LogP) is 3.74. The van der Waals surface area contributed by atoms with Crippen molar-refractivity contribution in [3.8, 4) is 11.5 Å². The van der Waals surface area contributed by atoms with E-state index in [9.17, 15) is 14.4 Å². The Bertz CT molecular complexity index is 1210. The van der Waals surface area contributed by atoms with E-state index in [4.69, 9.17) is 14.2 Å². The number of carbonyl (C=O) groups excluding carboxylic acids is 3. The van der Waals surface area contributed by atoms with Gasteiger partial charge in [0.1, 0.15) is 11.4 Å². The lowest BCUT2D eigenvalue weighted by molar-refractivity contribution is -0.114. The van der Waals surface area contributed by atoms with Gasteiger partial charge < -0.3 is 24.8 Å². The Balaban J connectivity index is 1.59. The van der Waals surface area contributed by atoms with Crippen LogP contribution in [0.5, 0.6) is 11.5 Å². The van der Waals surface area contributed by atoms with Crippen molar-refractivity contribution in [2.24, 2.45) is 0 Å². The van der Waals surface area contributed by atoms with E-state index in [0.717, 1.165) is 0 Å². The number of hydrogen-bond donors (Lipinski definition) is 3. The second-order valence-electron chi connectivity index (χ2n) is 6.84. The molecule has 0 aliphatic carbocycles. The first-order valence-corrected chi connectivity index (χ1v) is 9.80. The zero-order valence-corrected chi connectivity index (χ0v) is 17.4. The van der Waals surface area contributed by atoms with Crippen LogP contribution in [0.4, 0.5) is 22.0 Å². The van der Waals surface area contributed by atoms with Crippen LogP contribution in [-0.2, 0) is 9.53 Å². The number of hydrogen-bond acceptors (Lipinski definition) is 7. The largest absolute Gasteiger partial charge is 0.462 e. The summed E-state index contributed by atoms with van der Waals surface area (Å²) < 4.78 is 15.9. The Hall–Kier alpha value is -4.34. The van der Waals surface area contributed by atoms with Gasteiger partial charge in [-0.15, -0.1) is 0 Å². The molecule has 2 aromatic carbocycles. The summed E-state index contributed by atoms with van der Waals surface area (Å²) in [4.78, 5) is 40.6. The third kappa shape index (κ3) is 4.53. The van der Waals surface area contributed by atoms with Gasteiger partial charge in [-0.1, -0.05) is 0 Å². The highest BCUT2D eigenvalue weighted by molar-refractivity contribution is 6.06. The number of anilines is 3. The van der Waals surface area contributed by atoms with Gasteiger partial charge in [0, 0.05) is 29.8 Å². The third-order valence-electron chi connectivity index (χ3n) is 4.50. The number of nitrogens with one attached hydrogen (secondary N) is 3. The van der Waals surface area contributed by atoms with E-state index in [-0.39, 0.29) is 30.7 Å². The number of rotatable bonds is 5. The average molecular weight is 436 g/mol. The molecule has 1 aromatic heterocycles. The van der Waals surface area contributed by atoms with Crippen molar-refractivity contribution in [2.45, 2.75) is 13.8 Å². The minimum Gasteiger partial charge on any atom is -0.462 e. The lowest BCUT2D eigenvalue weighted by Crippen LogP contribution is -2.22. The van der Waals surface area contributed by atoms with Crippen molar-refractivity contribution >= 4 is 46.0 Å². The Morgan fingerprint density at radius 3 is 2.28 bits per heavy atom. The first-order valence-electron chi connectivity index (χ1n) is 9.80. The van der Waals surface area contributed by atoms with E-state index >= 15 is 0 Å². The van der Waals surface area contributed by atoms with E-state index in [1.165, 1.54) is 6.92 Å². The number of pyridine rings is 1. The molecule has 10 heteroatoms. The number of fused-ring (bicyclic) bond motifs is 2. The molecule has 3 aromatic rings. The summed E-state index contributed by atoms with van der Waals surface area (Å²) in [6, 6.07) is 10.9. The van der Waals surface area contributed by atoms with Gasteiger partial charge in [-0.25, -0.2) is 14.6 Å². The van der Waals surface area contributed by atoms with Crippen LogP contribution in [0.1, 0.15) is 24.2 Å². The number of aromatic nitrogens is 1. The summed E-state index contributed by atoms with van der Waals surface area (Å²) in [7, 11) is 0. The zero-order chi connectivity index (χ0) is 22.7. The van der Waals surface area contributed by atoms with E-state index in [1.54, 1.807) is 49.4 Å². The molecule has 164 valence electrons. The van der Waals surface area contributed by atoms with Gasteiger partial charge in [-0.05, 0) is 43.3 Å². The van der Waals surface area contributed by atoms with Gasteiger partial charge in [0.2, 0.25) is 12.7 Å². The molecule has 0 saturated carbocycles. The van der Waals surface area contributed by atoms with Crippen LogP contribution in [0, 0.1) is 0 Å². The maximum atomic E-state index is 12.6. The normalized spacial score (nSPS) is 11.7. The topological polar surface area (TPSA) is 128 Å². The lowest BCUT2D eigenvalue weighted by Gasteiger charge is -2.13. The van der Waals surface area contributed by atoms with Gasteiger partial charge in [0.25, 0.3) is 0 Å². The third-order valence-corrected chi connectivity index (χ3v) is 4.50. The first kappa shape index (κ1) is 20.9. The van der Waals surface area contributed by atoms with Crippen LogP contribution in [0.3, 0.4) is 0 Å². The Kier molecular flexibility index (Phi) is 5.75. The zero-order valence-electron chi connectivity index (χ0n) is 17.4. The van der Waals surface area contributed by atoms with Gasteiger partial charge in [0.05, 0.1) is 12.1 Å². The Labute approximate surface area is 182 Å². The lowest BCUT2D eigenvalue weighted by atomic mass is 10.1. The molecule has 3 amide bonds. The molecule has 0 unspecified atom stereocenters. The van der Waals surface area contributed by atoms with Crippen LogP contribution in [0.15, 0.2) is 42.5 Å². The summed E-state index contributed by atoms with van der Waals surface area (Å²) in [6.07, 6.45) is 0. The highest BCUT2D eigenvalue weighted by Gasteiger charge is 2.21. The molecule has 0 fully saturated rings. The second kappa shape index (κ2) is 8.80. The molecular formula is C22H20N4O6. The molecule has 4 rings (SSSR count). The fourth-order valence-electron chi connectivity index (χ4n) is 3.13. The molecule has 1 aliphatic heterocycles. The molecule has 10 nitrogen and oxygen atoms in total. The standard InChI is InChI=1S/C22H20N4O6/c1-3-30-21(28)16-8-13-9-18-19(32-11-31-18)10-17(13)25-20(16)26-22(29)24-15-6-4-14(5-7-15)23-12(2)27/h4-10H,3,11H2,1-2H3,(H,23,27)(H2,24,25,26,29). The van der Waals surface area contributed by atoms with Gasteiger partial charge in [-0.2, -0.15) is 0 Å². The molecule has 2 heterocycles. The molecule has 0 atom stereocenters. The molecule has 32 heavy (non-hydrogen) atoms. The summed E-state index contributed by atoms with van der Waals surface area (Å²) in [5, 5.41) is 8.54. The summed E-state index contributed by atoms with van der Waals surface area (Å²) >= 11 is 0. The van der Waals surface area contributed by atoms with E-state index in [0.29, 0.717) is 33.8 Å². The van der Waals surface area contributed by atoms with Crippen molar-refractivity contribution in [3.63, 3.8) is 0 Å². The number of amides is 3. The van der Waals surface area contributed by atoms with Crippen LogP contribution in [-0.4, -0.2) is 36.3 Å². The SMILES string of the molecule is CCOC(=O)c1cc2cc3c(cc2nc1NC(=O)Nc1ccc(NC(C)=O)cc1)OCO3. The molecule has 0 spiro atoms. The predicted molar refractivity (Wildman–Crippen MR) is 117 cm³/mol. The number of benzene rings is 2. The van der Waals surface area contributed by atoms with Crippen molar-refractivity contribution in [2.75, 3.05) is 29.4 Å². The first-order chi connectivity index (χ1) is 15.4. The maximum absolute atomic E-state index is 12.6. The Morgan fingerprint density at radius 1 is 0.969 bits per heavy atom. The van der Waals surface area contributed by atoms with Crippen molar-refractivity contribution < 1.29 is 28.6 Å². The number of ether oxygens (including phenoxy) is 3. The molecule has 0 saturated heterocycles. The maximum Gasteiger partial charge on any atom is 0.341 e. The summed E-state index contributed by atoms with van der Waals surface area (Å²) in [6.45, 7) is 3.37. The van der Waals surface area contributed by atoms with E-state index < -0.39 is 12.0 Å². The van der Waals surface area contributed by atoms with Crippen molar-refractivity contribution in [1.82, 2.24) is 4.98 Å². The van der Waals surface area contributed by atoms with E-state index in [2.05, 4.69) is 20.9 Å². The van der Waals surface area contributed by atoms with Gasteiger partial charge in [-0.3, -0.25) is 10.1 Å². The highest BCUT2D eigenvalue weighted by Crippen LogP contribution is 2.36. The summed E-state index contributed by atoms with van der Waals surface area (Å²) in [5.74, 6) is 0.315. The minimum atomic E-state index is -0.616. The fraction of sp³-hybridized carbons (Fsp3) is 0.182. The molecule has 0 radical (unpaired) electrons. The van der Waals surface area contributed by atoms with Crippen molar-refractivity contribution in [1.29, 1.82) is 0 Å². The quantitative estimate of drug-likeness (QED) is 0.520. The molecule has 3 N–H and O–H groups in total. The number of urea groups is 1. The second-order valence-corrected chi connectivity index (χ2v) is 6.84. The van der Waals surface area contributed by atoms with Crippen LogP contribution >= 0.6 is 0 Å². The van der Waals surface area contributed by atoms with Crippen LogP contribution in [0.2, 0.25) is 0 Å². The average Bonchev–Trinajstić information content (AvgIpc) is 3.20. The van der Waals surface area contributed by atoms with Crippen LogP contribution in [0.25, 0.3) is 10.9 Å². The number of nitrogens with zero attached hydrogens (tertiary/aromatic N) is 1. The van der Waals surface area contributed by atoms with Crippen molar-refractivity contribution in [3.05, 3.63) is 48.0 Å². The smallest absolute Gasteiger partial charge is 0.341 e. The minimum absolute atomic E-state index is 0.0437. The molecule has 0 bridgehead atoms. The molecular weight excluding hydrogens is 416 g/mol. The number of carbonyl (C=O) groups is 3. The monoisotopic (exact) mass is 436 g/mol. The van der Waals surface area contributed by atoms with Gasteiger partial charge in [0.15, 0.2) is 11.5 Å². The summed E-state index contributed by atoms with van der Waals surface area (Å²) in [5.41, 5.74) is 1.70. The van der Waals surface area contributed by atoms with E-state index in [1.807, 2.05) is 0 Å². The Morgan fingerprint density at radius 2 is 1.62 bits per heavy atom. The van der Waals surface area contributed by atoms with Crippen LogP contribution < -0.4 is 25.4 Å². The fourth-order valence-corrected chi connectivity index (χ4v) is 3.13. The highest BCUT2D eigenvalue weighted by atomic mass is 16.7. The van der Waals surface area contributed by atoms with Gasteiger partial charge >= 0.3 is 12.0 Å².